The standard InChI is InChI=1S/C20H23ClN2O3S/c1-4-13(2)22-20(24)15-5-10-19-16(12-15)11-14(3)23(19)27(25,26)18-8-6-17(21)7-9-18/h5-10,12-14H,4,11H2,1-3H3,(H,22,24)/t13-,14+/m0/s1. The molecule has 144 valence electrons. The summed E-state index contributed by atoms with van der Waals surface area (Å²) in [5.74, 6) is -0.140. The van der Waals surface area contributed by atoms with Crippen LogP contribution in [-0.2, 0) is 16.4 Å². The van der Waals surface area contributed by atoms with Gasteiger partial charge in [-0.2, -0.15) is 0 Å². The average Bonchev–Trinajstić information content (AvgIpc) is 2.97. The smallest absolute Gasteiger partial charge is 0.264 e. The van der Waals surface area contributed by atoms with E-state index in [0.29, 0.717) is 22.7 Å². The van der Waals surface area contributed by atoms with Crippen LogP contribution in [0.2, 0.25) is 5.02 Å². The van der Waals surface area contributed by atoms with Crippen LogP contribution in [0, 0.1) is 0 Å². The van der Waals surface area contributed by atoms with Crippen molar-refractivity contribution in [2.45, 2.75) is 50.6 Å². The third-order valence-electron chi connectivity index (χ3n) is 4.86. The second-order valence-corrected chi connectivity index (χ2v) is 9.19. The minimum Gasteiger partial charge on any atom is -0.350 e. The van der Waals surface area contributed by atoms with E-state index in [9.17, 15) is 13.2 Å². The van der Waals surface area contributed by atoms with Crippen LogP contribution in [0.3, 0.4) is 0 Å². The minimum atomic E-state index is -3.70. The normalized spacial score (nSPS) is 17.5. The largest absolute Gasteiger partial charge is 0.350 e. The molecule has 2 atom stereocenters. The Morgan fingerprint density at radius 3 is 2.56 bits per heavy atom. The first-order valence-electron chi connectivity index (χ1n) is 8.97. The summed E-state index contributed by atoms with van der Waals surface area (Å²) < 4.78 is 27.7. The number of amides is 1. The highest BCUT2D eigenvalue weighted by atomic mass is 35.5. The van der Waals surface area contributed by atoms with Gasteiger partial charge in [0, 0.05) is 22.7 Å². The first kappa shape index (κ1) is 19.7. The van der Waals surface area contributed by atoms with Crippen molar-refractivity contribution in [1.82, 2.24) is 5.32 Å². The SMILES string of the molecule is CC[C@H](C)NC(=O)c1ccc2c(c1)C[C@@H](C)N2S(=O)(=O)c1ccc(Cl)cc1. The number of carbonyl (C=O) groups excluding carboxylic acids is 1. The third-order valence-corrected chi connectivity index (χ3v) is 7.05. The number of nitrogens with zero attached hydrogens (tertiary/aromatic N) is 1. The van der Waals surface area contributed by atoms with Crippen LogP contribution in [0.5, 0.6) is 0 Å². The lowest BCUT2D eigenvalue weighted by Crippen LogP contribution is -2.35. The summed E-state index contributed by atoms with van der Waals surface area (Å²) in [5.41, 5.74) is 2.03. The lowest BCUT2D eigenvalue weighted by Gasteiger charge is -2.24. The molecule has 1 aliphatic rings. The Morgan fingerprint density at radius 2 is 1.93 bits per heavy atom. The minimum absolute atomic E-state index is 0.0893. The van der Waals surface area contributed by atoms with Crippen molar-refractivity contribution in [3.05, 3.63) is 58.6 Å². The van der Waals surface area contributed by atoms with E-state index in [0.717, 1.165) is 12.0 Å². The van der Waals surface area contributed by atoms with Gasteiger partial charge in [0.15, 0.2) is 0 Å². The van der Waals surface area contributed by atoms with E-state index in [1.165, 1.54) is 16.4 Å². The maximum Gasteiger partial charge on any atom is 0.264 e. The van der Waals surface area contributed by atoms with E-state index in [1.54, 1.807) is 30.3 Å². The highest BCUT2D eigenvalue weighted by molar-refractivity contribution is 7.92. The quantitative estimate of drug-likeness (QED) is 0.815. The molecule has 0 aromatic heterocycles. The molecule has 0 aliphatic carbocycles. The first-order chi connectivity index (χ1) is 12.7. The molecule has 3 rings (SSSR count). The van der Waals surface area contributed by atoms with Gasteiger partial charge >= 0.3 is 0 Å². The van der Waals surface area contributed by atoms with E-state index in [1.807, 2.05) is 20.8 Å². The van der Waals surface area contributed by atoms with Gasteiger partial charge in [-0.15, -0.1) is 0 Å². The van der Waals surface area contributed by atoms with E-state index < -0.39 is 10.0 Å². The molecule has 1 N–H and O–H groups in total. The lowest BCUT2D eigenvalue weighted by molar-refractivity contribution is 0.0939. The zero-order valence-electron chi connectivity index (χ0n) is 15.6. The van der Waals surface area contributed by atoms with Crippen molar-refractivity contribution in [2.24, 2.45) is 0 Å². The summed E-state index contributed by atoms with van der Waals surface area (Å²) in [6.07, 6.45) is 1.41. The second kappa shape index (κ2) is 7.52. The van der Waals surface area contributed by atoms with Gasteiger partial charge in [0.25, 0.3) is 15.9 Å². The number of nitrogens with one attached hydrogen (secondary N) is 1. The number of benzene rings is 2. The van der Waals surface area contributed by atoms with Gasteiger partial charge in [-0.25, -0.2) is 8.42 Å². The van der Waals surface area contributed by atoms with E-state index >= 15 is 0 Å². The van der Waals surface area contributed by atoms with Gasteiger partial charge in [-0.1, -0.05) is 18.5 Å². The van der Waals surface area contributed by atoms with Crippen LogP contribution in [0.25, 0.3) is 0 Å². The van der Waals surface area contributed by atoms with Crippen LogP contribution in [0.1, 0.15) is 43.1 Å². The van der Waals surface area contributed by atoms with Crippen LogP contribution < -0.4 is 9.62 Å². The molecule has 0 fully saturated rings. The Hall–Kier alpha value is -2.05. The molecule has 0 saturated heterocycles. The van der Waals surface area contributed by atoms with Gasteiger partial charge in [-0.3, -0.25) is 9.10 Å². The molecule has 27 heavy (non-hydrogen) atoms. The number of carbonyl (C=O) groups is 1. The van der Waals surface area contributed by atoms with E-state index in [-0.39, 0.29) is 22.9 Å². The molecule has 5 nitrogen and oxygen atoms in total. The van der Waals surface area contributed by atoms with Gasteiger partial charge < -0.3 is 5.32 Å². The Balaban J connectivity index is 1.94. The van der Waals surface area contributed by atoms with Crippen LogP contribution in [-0.4, -0.2) is 26.4 Å². The Morgan fingerprint density at radius 1 is 1.26 bits per heavy atom. The van der Waals surface area contributed by atoms with Gasteiger partial charge in [-0.05, 0) is 74.7 Å². The first-order valence-corrected chi connectivity index (χ1v) is 10.8. The zero-order valence-corrected chi connectivity index (χ0v) is 17.1. The zero-order chi connectivity index (χ0) is 19.8. The van der Waals surface area contributed by atoms with Crippen molar-refractivity contribution < 1.29 is 13.2 Å². The fraction of sp³-hybridized carbons (Fsp3) is 0.350. The molecule has 0 saturated carbocycles. The maximum atomic E-state index is 13.1. The predicted octanol–water partition coefficient (Wildman–Crippen LogP) is 4.01. The number of sulfonamides is 1. The molecule has 0 unspecified atom stereocenters. The summed E-state index contributed by atoms with van der Waals surface area (Å²) in [6.45, 7) is 5.83. The predicted molar refractivity (Wildman–Crippen MR) is 108 cm³/mol. The monoisotopic (exact) mass is 406 g/mol. The molecule has 1 aliphatic heterocycles. The van der Waals surface area contributed by atoms with Crippen LogP contribution in [0.4, 0.5) is 5.69 Å². The molecule has 1 amide bonds. The Kier molecular flexibility index (Phi) is 5.49. The number of fused-ring (bicyclic) bond motifs is 1. The summed E-state index contributed by atoms with van der Waals surface area (Å²) in [4.78, 5) is 12.6. The van der Waals surface area contributed by atoms with Crippen LogP contribution >= 0.6 is 11.6 Å². The van der Waals surface area contributed by atoms with Crippen molar-refractivity contribution in [3.8, 4) is 0 Å². The molecule has 0 radical (unpaired) electrons. The number of rotatable bonds is 5. The van der Waals surface area contributed by atoms with Gasteiger partial charge in [0.2, 0.25) is 0 Å². The molecule has 2 aromatic carbocycles. The fourth-order valence-corrected chi connectivity index (χ4v) is 5.06. The third kappa shape index (κ3) is 3.82. The van der Waals surface area contributed by atoms with Crippen LogP contribution in [0.15, 0.2) is 47.4 Å². The van der Waals surface area contributed by atoms with E-state index in [4.69, 9.17) is 11.6 Å². The molecular weight excluding hydrogens is 384 g/mol. The summed E-state index contributed by atoms with van der Waals surface area (Å²) >= 11 is 5.88. The lowest BCUT2D eigenvalue weighted by atomic mass is 10.1. The summed E-state index contributed by atoms with van der Waals surface area (Å²) in [5, 5.41) is 3.42. The highest BCUT2D eigenvalue weighted by Gasteiger charge is 2.36. The molecule has 2 aromatic rings. The van der Waals surface area contributed by atoms with Crippen molar-refractivity contribution in [1.29, 1.82) is 0 Å². The topological polar surface area (TPSA) is 66.5 Å². The maximum absolute atomic E-state index is 13.1. The number of hydrogen-bond acceptors (Lipinski definition) is 3. The summed E-state index contributed by atoms with van der Waals surface area (Å²) in [7, 11) is -3.70. The van der Waals surface area contributed by atoms with Gasteiger partial charge in [0.1, 0.15) is 0 Å². The fourth-order valence-electron chi connectivity index (χ4n) is 3.24. The molecular formula is C20H23ClN2O3S. The molecule has 1 heterocycles. The Labute approximate surface area is 165 Å². The van der Waals surface area contributed by atoms with Crippen molar-refractivity contribution in [3.63, 3.8) is 0 Å². The molecule has 0 bridgehead atoms. The average molecular weight is 407 g/mol. The molecule has 7 heteroatoms. The summed E-state index contributed by atoms with van der Waals surface area (Å²) in [6, 6.07) is 11.2. The van der Waals surface area contributed by atoms with Crippen molar-refractivity contribution >= 4 is 33.2 Å². The number of anilines is 1. The van der Waals surface area contributed by atoms with Crippen molar-refractivity contribution in [2.75, 3.05) is 4.31 Å². The Bertz CT molecular complexity index is 958. The number of hydrogen-bond donors (Lipinski definition) is 1. The van der Waals surface area contributed by atoms with E-state index in [2.05, 4.69) is 5.32 Å². The van der Waals surface area contributed by atoms with Gasteiger partial charge in [0.05, 0.1) is 10.6 Å². The second-order valence-electron chi connectivity index (χ2n) is 6.93. The highest BCUT2D eigenvalue weighted by Crippen LogP contribution is 2.37. The number of halogens is 1. The molecule has 0 spiro atoms.